The summed E-state index contributed by atoms with van der Waals surface area (Å²) in [4.78, 5) is 24.5. The molecule has 2 aromatic rings. The second-order valence-electron chi connectivity index (χ2n) is 6.06. The Labute approximate surface area is 158 Å². The van der Waals surface area contributed by atoms with Crippen LogP contribution in [0.25, 0.3) is 0 Å². The van der Waals surface area contributed by atoms with E-state index in [4.69, 9.17) is 9.47 Å². The fourth-order valence-corrected chi connectivity index (χ4v) is 2.67. The maximum Gasteiger partial charge on any atom is 0.255 e. The van der Waals surface area contributed by atoms with Crippen molar-refractivity contribution in [2.24, 2.45) is 0 Å². The highest BCUT2D eigenvalue weighted by atomic mass is 16.5. The van der Waals surface area contributed by atoms with Crippen LogP contribution in [0.1, 0.15) is 17.3 Å². The van der Waals surface area contributed by atoms with E-state index in [-0.39, 0.29) is 17.9 Å². The second kappa shape index (κ2) is 9.16. The zero-order valence-corrected chi connectivity index (χ0v) is 15.2. The summed E-state index contributed by atoms with van der Waals surface area (Å²) >= 11 is 0. The van der Waals surface area contributed by atoms with Gasteiger partial charge in [-0.2, -0.15) is 0 Å². The van der Waals surface area contributed by atoms with E-state index in [0.717, 1.165) is 5.75 Å². The van der Waals surface area contributed by atoms with Crippen LogP contribution < -0.4 is 20.7 Å². The van der Waals surface area contributed by atoms with Crippen LogP contribution >= 0.6 is 0 Å². The molecule has 1 heterocycles. The van der Waals surface area contributed by atoms with Crippen LogP contribution in [0.3, 0.4) is 0 Å². The Hall–Kier alpha value is -2.90. The molecule has 0 bridgehead atoms. The molecule has 1 unspecified atom stereocenters. The molecule has 3 N–H and O–H groups in total. The Morgan fingerprint density at radius 1 is 1.07 bits per heavy atom. The number of anilines is 2. The number of carbonyl (C=O) groups is 2. The van der Waals surface area contributed by atoms with E-state index in [1.165, 1.54) is 0 Å². The molecule has 27 heavy (non-hydrogen) atoms. The lowest BCUT2D eigenvalue weighted by atomic mass is 10.1. The summed E-state index contributed by atoms with van der Waals surface area (Å²) in [6, 6.07) is 13.6. The predicted octanol–water partition coefficient (Wildman–Crippen LogP) is 2.26. The van der Waals surface area contributed by atoms with Gasteiger partial charge in [0.2, 0.25) is 5.91 Å². The first kappa shape index (κ1) is 18.9. The van der Waals surface area contributed by atoms with E-state index < -0.39 is 0 Å². The number of morpholine rings is 1. The molecule has 1 aliphatic heterocycles. The number of ether oxygens (including phenoxy) is 2. The summed E-state index contributed by atoms with van der Waals surface area (Å²) in [6.45, 7) is 4.14. The molecule has 142 valence electrons. The van der Waals surface area contributed by atoms with E-state index in [9.17, 15) is 9.59 Å². The third-order valence-electron chi connectivity index (χ3n) is 4.08. The average molecular weight is 369 g/mol. The smallest absolute Gasteiger partial charge is 0.255 e. The van der Waals surface area contributed by atoms with E-state index >= 15 is 0 Å². The summed E-state index contributed by atoms with van der Waals surface area (Å²) < 4.78 is 10.7. The standard InChI is InChI=1S/C20H23N3O4/c1-2-27-17-9-7-16(8-10-17)22-19(24)14-3-5-15(6-4-14)23-20(25)18-13-26-12-11-21-18/h3-10,18,21H,2,11-13H2,1H3,(H,22,24)(H,23,25). The predicted molar refractivity (Wildman–Crippen MR) is 103 cm³/mol. The number of carbonyl (C=O) groups excluding carboxylic acids is 2. The van der Waals surface area contributed by atoms with Crippen LogP contribution in [0, 0.1) is 0 Å². The van der Waals surface area contributed by atoms with Crippen molar-refractivity contribution in [1.82, 2.24) is 5.32 Å². The molecular weight excluding hydrogens is 346 g/mol. The first-order valence-corrected chi connectivity index (χ1v) is 8.92. The maximum atomic E-state index is 12.3. The minimum Gasteiger partial charge on any atom is -0.494 e. The summed E-state index contributed by atoms with van der Waals surface area (Å²) in [5.41, 5.74) is 1.82. The van der Waals surface area contributed by atoms with Gasteiger partial charge in [-0.25, -0.2) is 0 Å². The van der Waals surface area contributed by atoms with Gasteiger partial charge >= 0.3 is 0 Å². The van der Waals surface area contributed by atoms with Gasteiger partial charge in [0, 0.05) is 23.5 Å². The van der Waals surface area contributed by atoms with Crippen molar-refractivity contribution in [3.63, 3.8) is 0 Å². The highest BCUT2D eigenvalue weighted by Crippen LogP contribution is 2.17. The summed E-state index contributed by atoms with van der Waals surface area (Å²) in [5.74, 6) is 0.383. The molecule has 0 aliphatic carbocycles. The van der Waals surface area contributed by atoms with Crippen molar-refractivity contribution >= 4 is 23.2 Å². The van der Waals surface area contributed by atoms with Crippen molar-refractivity contribution in [3.8, 4) is 5.75 Å². The quantitative estimate of drug-likeness (QED) is 0.727. The lowest BCUT2D eigenvalue weighted by molar-refractivity contribution is -0.120. The Bertz CT molecular complexity index is 769. The zero-order valence-electron chi connectivity index (χ0n) is 15.2. The van der Waals surface area contributed by atoms with Crippen molar-refractivity contribution in [1.29, 1.82) is 0 Å². The number of benzene rings is 2. The average Bonchev–Trinajstić information content (AvgIpc) is 2.71. The Morgan fingerprint density at radius 3 is 2.37 bits per heavy atom. The normalized spacial score (nSPS) is 16.4. The maximum absolute atomic E-state index is 12.3. The van der Waals surface area contributed by atoms with Gasteiger partial charge < -0.3 is 25.4 Å². The molecule has 0 aromatic heterocycles. The molecule has 2 aromatic carbocycles. The van der Waals surface area contributed by atoms with Gasteiger partial charge in [0.25, 0.3) is 5.91 Å². The minimum absolute atomic E-state index is 0.152. The largest absolute Gasteiger partial charge is 0.494 e. The molecule has 1 aliphatic rings. The third-order valence-corrected chi connectivity index (χ3v) is 4.08. The summed E-state index contributed by atoms with van der Waals surface area (Å²) in [7, 11) is 0. The van der Waals surface area contributed by atoms with Gasteiger partial charge in [0.15, 0.2) is 0 Å². The molecule has 7 nitrogen and oxygen atoms in total. The van der Waals surface area contributed by atoms with Crippen molar-refractivity contribution in [2.75, 3.05) is 37.0 Å². The first-order valence-electron chi connectivity index (χ1n) is 8.92. The third kappa shape index (κ3) is 5.29. The van der Waals surface area contributed by atoms with Crippen LogP contribution in [0.15, 0.2) is 48.5 Å². The molecule has 1 atom stereocenters. The molecule has 1 fully saturated rings. The molecule has 3 rings (SSSR count). The highest BCUT2D eigenvalue weighted by Gasteiger charge is 2.21. The first-order chi connectivity index (χ1) is 13.2. The minimum atomic E-state index is -0.360. The van der Waals surface area contributed by atoms with Gasteiger partial charge in [0.05, 0.1) is 19.8 Å². The second-order valence-corrected chi connectivity index (χ2v) is 6.06. The van der Waals surface area contributed by atoms with Gasteiger partial charge in [0.1, 0.15) is 11.8 Å². The van der Waals surface area contributed by atoms with Crippen molar-refractivity contribution < 1.29 is 19.1 Å². The summed E-state index contributed by atoms with van der Waals surface area (Å²) in [6.07, 6.45) is 0. The van der Waals surface area contributed by atoms with Crippen LogP contribution in [-0.2, 0) is 9.53 Å². The van der Waals surface area contributed by atoms with E-state index in [2.05, 4.69) is 16.0 Å². The van der Waals surface area contributed by atoms with Crippen LogP contribution in [0.5, 0.6) is 5.75 Å². The fraction of sp³-hybridized carbons (Fsp3) is 0.300. The van der Waals surface area contributed by atoms with E-state index in [1.54, 1.807) is 48.5 Å². The Kier molecular flexibility index (Phi) is 6.40. The van der Waals surface area contributed by atoms with E-state index in [1.807, 2.05) is 6.92 Å². The number of rotatable bonds is 6. The lowest BCUT2D eigenvalue weighted by Crippen LogP contribution is -2.48. The van der Waals surface area contributed by atoms with Crippen molar-refractivity contribution in [3.05, 3.63) is 54.1 Å². The highest BCUT2D eigenvalue weighted by molar-refractivity contribution is 6.04. The van der Waals surface area contributed by atoms with Gasteiger partial charge in [-0.05, 0) is 55.5 Å². The Morgan fingerprint density at radius 2 is 1.74 bits per heavy atom. The fourth-order valence-electron chi connectivity index (χ4n) is 2.67. The van der Waals surface area contributed by atoms with Gasteiger partial charge in [-0.1, -0.05) is 0 Å². The topological polar surface area (TPSA) is 88.7 Å². The number of amides is 2. The van der Waals surface area contributed by atoms with Crippen LogP contribution in [0.4, 0.5) is 11.4 Å². The monoisotopic (exact) mass is 369 g/mol. The number of nitrogens with one attached hydrogen (secondary N) is 3. The molecule has 0 saturated carbocycles. The van der Waals surface area contributed by atoms with Gasteiger partial charge in [-0.3, -0.25) is 9.59 Å². The Balaban J connectivity index is 1.55. The number of hydrogen-bond donors (Lipinski definition) is 3. The molecule has 2 amide bonds. The van der Waals surface area contributed by atoms with Gasteiger partial charge in [-0.15, -0.1) is 0 Å². The van der Waals surface area contributed by atoms with Crippen molar-refractivity contribution in [2.45, 2.75) is 13.0 Å². The zero-order chi connectivity index (χ0) is 19.1. The molecule has 0 spiro atoms. The van der Waals surface area contributed by atoms with Crippen LogP contribution in [-0.4, -0.2) is 44.2 Å². The summed E-state index contributed by atoms with van der Waals surface area (Å²) in [5, 5.41) is 8.75. The van der Waals surface area contributed by atoms with Crippen LogP contribution in [0.2, 0.25) is 0 Å². The van der Waals surface area contributed by atoms with E-state index in [0.29, 0.717) is 43.3 Å². The molecule has 7 heteroatoms. The lowest BCUT2D eigenvalue weighted by Gasteiger charge is -2.22. The molecule has 0 radical (unpaired) electrons. The SMILES string of the molecule is CCOc1ccc(NC(=O)c2ccc(NC(=O)C3COCCN3)cc2)cc1. The molecular formula is C20H23N3O4. The number of hydrogen-bond acceptors (Lipinski definition) is 5. The molecule has 1 saturated heterocycles.